The number of aryl methyl sites for hydroxylation is 1. The lowest BCUT2D eigenvalue weighted by Crippen LogP contribution is -2.14. The van der Waals surface area contributed by atoms with Gasteiger partial charge in [0.05, 0.1) is 11.8 Å². The summed E-state index contributed by atoms with van der Waals surface area (Å²) in [6, 6.07) is 3.50. The van der Waals surface area contributed by atoms with E-state index >= 15 is 0 Å². The highest BCUT2D eigenvalue weighted by molar-refractivity contribution is 7.07. The van der Waals surface area contributed by atoms with Crippen LogP contribution in [0.4, 0.5) is 5.69 Å². The van der Waals surface area contributed by atoms with Crippen molar-refractivity contribution in [2.75, 3.05) is 11.9 Å². The molecule has 2 aromatic heterocycles. The Morgan fingerprint density at radius 1 is 1.58 bits per heavy atom. The third-order valence-corrected chi connectivity index (χ3v) is 3.39. The SMILES string of the molecule is Cc1cc(NCC(O)c2ccsc2)c(C(=O)O)cn1. The number of aliphatic hydroxyl groups excluding tert-OH is 1. The summed E-state index contributed by atoms with van der Waals surface area (Å²) in [5, 5.41) is 25.7. The van der Waals surface area contributed by atoms with Crippen LogP contribution in [0.25, 0.3) is 0 Å². The number of hydrogen-bond donors (Lipinski definition) is 3. The number of carbonyl (C=O) groups is 1. The van der Waals surface area contributed by atoms with Crippen molar-refractivity contribution in [3.8, 4) is 0 Å². The van der Waals surface area contributed by atoms with Crippen LogP contribution < -0.4 is 5.32 Å². The first-order valence-electron chi connectivity index (χ1n) is 5.72. The second-order valence-electron chi connectivity index (χ2n) is 4.13. The van der Waals surface area contributed by atoms with Crippen molar-refractivity contribution in [2.24, 2.45) is 0 Å². The number of aromatic nitrogens is 1. The first-order valence-corrected chi connectivity index (χ1v) is 6.66. The minimum absolute atomic E-state index is 0.100. The number of rotatable bonds is 5. The lowest BCUT2D eigenvalue weighted by atomic mass is 10.1. The zero-order valence-corrected chi connectivity index (χ0v) is 11.1. The van der Waals surface area contributed by atoms with Gasteiger partial charge in [-0.1, -0.05) is 0 Å². The number of aromatic carboxylic acids is 1. The molecule has 100 valence electrons. The number of thiophene rings is 1. The topological polar surface area (TPSA) is 82.5 Å². The summed E-state index contributed by atoms with van der Waals surface area (Å²) in [7, 11) is 0. The Kier molecular flexibility index (Phi) is 4.13. The summed E-state index contributed by atoms with van der Waals surface area (Å²) < 4.78 is 0. The van der Waals surface area contributed by atoms with Gasteiger partial charge < -0.3 is 15.5 Å². The zero-order valence-electron chi connectivity index (χ0n) is 10.3. The number of carboxylic acids is 1. The first-order chi connectivity index (χ1) is 9.08. The highest BCUT2D eigenvalue weighted by Gasteiger charge is 2.13. The van der Waals surface area contributed by atoms with Gasteiger partial charge in [0.1, 0.15) is 5.56 Å². The molecule has 2 heterocycles. The molecule has 0 aliphatic heterocycles. The molecule has 1 atom stereocenters. The highest BCUT2D eigenvalue weighted by atomic mass is 32.1. The second kappa shape index (κ2) is 5.81. The molecule has 0 spiro atoms. The number of nitrogens with zero attached hydrogens (tertiary/aromatic N) is 1. The minimum Gasteiger partial charge on any atom is -0.478 e. The third-order valence-electron chi connectivity index (χ3n) is 2.68. The van der Waals surface area contributed by atoms with Crippen molar-refractivity contribution in [3.05, 3.63) is 45.9 Å². The average Bonchev–Trinajstić information content (AvgIpc) is 2.89. The molecular weight excluding hydrogens is 264 g/mol. The quantitative estimate of drug-likeness (QED) is 0.781. The van der Waals surface area contributed by atoms with Gasteiger partial charge in [0.25, 0.3) is 0 Å². The van der Waals surface area contributed by atoms with Gasteiger partial charge in [0, 0.05) is 18.4 Å². The van der Waals surface area contributed by atoms with Crippen LogP contribution in [0, 0.1) is 6.92 Å². The van der Waals surface area contributed by atoms with Gasteiger partial charge in [-0.2, -0.15) is 11.3 Å². The maximum Gasteiger partial charge on any atom is 0.339 e. The molecular formula is C13H14N2O3S. The number of hydrogen-bond acceptors (Lipinski definition) is 5. The molecule has 19 heavy (non-hydrogen) atoms. The van der Waals surface area contributed by atoms with Gasteiger partial charge in [-0.25, -0.2) is 4.79 Å². The Hall–Kier alpha value is -1.92. The summed E-state index contributed by atoms with van der Waals surface area (Å²) in [4.78, 5) is 15.0. The fourth-order valence-electron chi connectivity index (χ4n) is 1.67. The van der Waals surface area contributed by atoms with Gasteiger partial charge in [0.15, 0.2) is 0 Å². The summed E-state index contributed by atoms with van der Waals surface area (Å²) in [5.74, 6) is -1.04. The fraction of sp³-hybridized carbons (Fsp3) is 0.231. The lowest BCUT2D eigenvalue weighted by molar-refractivity contribution is 0.0697. The monoisotopic (exact) mass is 278 g/mol. The van der Waals surface area contributed by atoms with Crippen LogP contribution in [0.2, 0.25) is 0 Å². The van der Waals surface area contributed by atoms with Crippen molar-refractivity contribution in [1.29, 1.82) is 0 Å². The van der Waals surface area contributed by atoms with Crippen LogP contribution in [-0.2, 0) is 0 Å². The highest BCUT2D eigenvalue weighted by Crippen LogP contribution is 2.20. The predicted molar refractivity (Wildman–Crippen MR) is 73.7 cm³/mol. The van der Waals surface area contributed by atoms with Crippen molar-refractivity contribution in [2.45, 2.75) is 13.0 Å². The molecule has 0 aliphatic carbocycles. The van der Waals surface area contributed by atoms with E-state index in [9.17, 15) is 9.90 Å². The maximum atomic E-state index is 11.1. The van der Waals surface area contributed by atoms with Crippen LogP contribution in [0.15, 0.2) is 29.1 Å². The summed E-state index contributed by atoms with van der Waals surface area (Å²) in [6.07, 6.45) is 0.651. The molecule has 0 amide bonds. The maximum absolute atomic E-state index is 11.1. The molecule has 6 heteroatoms. The number of pyridine rings is 1. The fourth-order valence-corrected chi connectivity index (χ4v) is 2.37. The molecule has 0 fully saturated rings. The number of nitrogens with one attached hydrogen (secondary N) is 1. The molecule has 1 unspecified atom stereocenters. The Balaban J connectivity index is 2.10. The van der Waals surface area contributed by atoms with E-state index in [0.29, 0.717) is 5.69 Å². The van der Waals surface area contributed by atoms with Crippen LogP contribution in [0.1, 0.15) is 27.7 Å². The van der Waals surface area contributed by atoms with Crippen LogP contribution in [-0.4, -0.2) is 27.7 Å². The van der Waals surface area contributed by atoms with E-state index in [4.69, 9.17) is 5.11 Å². The smallest absolute Gasteiger partial charge is 0.339 e. The van der Waals surface area contributed by atoms with Gasteiger partial charge in [0.2, 0.25) is 0 Å². The summed E-state index contributed by atoms with van der Waals surface area (Å²) >= 11 is 1.51. The van der Waals surface area contributed by atoms with Crippen LogP contribution in [0.5, 0.6) is 0 Å². The van der Waals surface area contributed by atoms with Crippen molar-refractivity contribution >= 4 is 23.0 Å². The molecule has 0 saturated heterocycles. The molecule has 0 aromatic carbocycles. The molecule has 3 N–H and O–H groups in total. The standard InChI is InChI=1S/C13H14N2O3S/c1-8-4-11(10(5-14-8)13(17)18)15-6-12(16)9-2-3-19-7-9/h2-5,7,12,16H,6H2,1H3,(H,14,15)(H,17,18). The third kappa shape index (κ3) is 3.30. The van der Waals surface area contributed by atoms with E-state index in [1.807, 2.05) is 16.8 Å². The van der Waals surface area contributed by atoms with Crippen molar-refractivity contribution in [1.82, 2.24) is 4.98 Å². The number of carboxylic acid groups (broad SMARTS) is 1. The van der Waals surface area contributed by atoms with Crippen LogP contribution in [0.3, 0.4) is 0 Å². The van der Waals surface area contributed by atoms with Gasteiger partial charge in [-0.05, 0) is 35.4 Å². The average molecular weight is 278 g/mol. The molecule has 2 rings (SSSR count). The van der Waals surface area contributed by atoms with E-state index in [0.717, 1.165) is 11.3 Å². The number of aliphatic hydroxyl groups is 1. The molecule has 0 radical (unpaired) electrons. The Bertz CT molecular complexity index is 569. The van der Waals surface area contributed by atoms with E-state index in [1.54, 1.807) is 13.0 Å². The van der Waals surface area contributed by atoms with Crippen LogP contribution >= 0.6 is 11.3 Å². The van der Waals surface area contributed by atoms with E-state index < -0.39 is 12.1 Å². The predicted octanol–water partition coefficient (Wildman–Crippen LogP) is 2.30. The van der Waals surface area contributed by atoms with Gasteiger partial charge in [-0.3, -0.25) is 4.98 Å². The molecule has 0 aliphatic rings. The lowest BCUT2D eigenvalue weighted by Gasteiger charge is -2.13. The second-order valence-corrected chi connectivity index (χ2v) is 4.91. The molecule has 2 aromatic rings. The molecule has 5 nitrogen and oxygen atoms in total. The number of anilines is 1. The van der Waals surface area contributed by atoms with Gasteiger partial charge >= 0.3 is 5.97 Å². The van der Waals surface area contributed by atoms with Gasteiger partial charge in [-0.15, -0.1) is 0 Å². The van der Waals surface area contributed by atoms with E-state index in [2.05, 4.69) is 10.3 Å². The first kappa shape index (κ1) is 13.5. The zero-order chi connectivity index (χ0) is 13.8. The molecule has 0 bridgehead atoms. The Labute approximate surface area is 114 Å². The van der Waals surface area contributed by atoms with Crippen molar-refractivity contribution in [3.63, 3.8) is 0 Å². The summed E-state index contributed by atoms with van der Waals surface area (Å²) in [6.45, 7) is 2.03. The Morgan fingerprint density at radius 3 is 3.00 bits per heavy atom. The summed E-state index contributed by atoms with van der Waals surface area (Å²) in [5.41, 5.74) is 2.11. The Morgan fingerprint density at radius 2 is 2.37 bits per heavy atom. The van der Waals surface area contributed by atoms with E-state index in [1.165, 1.54) is 17.5 Å². The molecule has 0 saturated carbocycles. The van der Waals surface area contributed by atoms with E-state index in [-0.39, 0.29) is 12.1 Å². The minimum atomic E-state index is -1.04. The normalized spacial score (nSPS) is 12.1. The largest absolute Gasteiger partial charge is 0.478 e. The van der Waals surface area contributed by atoms with Crippen molar-refractivity contribution < 1.29 is 15.0 Å².